The minimum atomic E-state index is -3.81. The molecule has 1 heterocycles. The van der Waals surface area contributed by atoms with E-state index in [9.17, 15) is 17.6 Å². The Balaban J connectivity index is 1.69. The number of piperazine rings is 1. The first-order valence-corrected chi connectivity index (χ1v) is 9.70. The maximum absolute atomic E-state index is 13.4. The predicted octanol–water partition coefficient (Wildman–Crippen LogP) is 2.75. The minimum absolute atomic E-state index is 0.0773. The monoisotopic (exact) mass is 377 g/mol. The Labute approximate surface area is 152 Å². The number of para-hydroxylation sites is 1. The summed E-state index contributed by atoms with van der Waals surface area (Å²) in [5.74, 6) is -0.598. The van der Waals surface area contributed by atoms with Gasteiger partial charge in [-0.2, -0.15) is 4.31 Å². The van der Waals surface area contributed by atoms with E-state index in [-0.39, 0.29) is 30.6 Å². The van der Waals surface area contributed by atoms with E-state index in [1.807, 2.05) is 18.2 Å². The van der Waals surface area contributed by atoms with Crippen LogP contribution in [-0.4, -0.2) is 49.3 Å². The molecule has 0 spiro atoms. The molecule has 1 fully saturated rings. The zero-order chi connectivity index (χ0) is 18.7. The number of nitrogens with zero attached hydrogens (tertiary/aromatic N) is 2. The first-order valence-electron chi connectivity index (χ1n) is 8.26. The zero-order valence-corrected chi connectivity index (χ0v) is 15.1. The lowest BCUT2D eigenvalue weighted by atomic mass is 10.2. The molecule has 2 amide bonds. The van der Waals surface area contributed by atoms with Crippen LogP contribution in [0.1, 0.15) is 6.92 Å². The highest BCUT2D eigenvalue weighted by atomic mass is 32.2. The Bertz CT molecular complexity index is 890. The van der Waals surface area contributed by atoms with Gasteiger partial charge in [-0.1, -0.05) is 24.3 Å². The van der Waals surface area contributed by atoms with Crippen LogP contribution in [0.5, 0.6) is 0 Å². The summed E-state index contributed by atoms with van der Waals surface area (Å²) in [5.41, 5.74) is 0.681. The van der Waals surface area contributed by atoms with Crippen LogP contribution in [0, 0.1) is 5.82 Å². The summed E-state index contributed by atoms with van der Waals surface area (Å²) in [6.07, 6.45) is 0. The molecule has 138 valence electrons. The van der Waals surface area contributed by atoms with Crippen molar-refractivity contribution in [1.29, 1.82) is 0 Å². The SMILES string of the molecule is C[C@H]1CN(C(=O)Nc2ccccc2)CCN1S(=O)(=O)c1cccc(F)c1. The van der Waals surface area contributed by atoms with Crippen molar-refractivity contribution < 1.29 is 17.6 Å². The quantitative estimate of drug-likeness (QED) is 0.894. The number of hydrogen-bond acceptors (Lipinski definition) is 3. The van der Waals surface area contributed by atoms with Gasteiger partial charge in [-0.3, -0.25) is 0 Å². The topological polar surface area (TPSA) is 69.7 Å². The molecule has 0 unspecified atom stereocenters. The van der Waals surface area contributed by atoms with Crippen molar-refractivity contribution >= 4 is 21.7 Å². The van der Waals surface area contributed by atoms with Gasteiger partial charge in [0.15, 0.2) is 0 Å². The van der Waals surface area contributed by atoms with Gasteiger partial charge in [0.05, 0.1) is 4.90 Å². The highest BCUT2D eigenvalue weighted by Gasteiger charge is 2.35. The summed E-state index contributed by atoms with van der Waals surface area (Å²) >= 11 is 0. The van der Waals surface area contributed by atoms with Crippen LogP contribution in [0.2, 0.25) is 0 Å². The summed E-state index contributed by atoms with van der Waals surface area (Å²) in [6.45, 7) is 2.41. The van der Waals surface area contributed by atoms with Gasteiger partial charge in [0, 0.05) is 31.4 Å². The average molecular weight is 377 g/mol. The van der Waals surface area contributed by atoms with Gasteiger partial charge in [0.25, 0.3) is 0 Å². The van der Waals surface area contributed by atoms with E-state index in [1.165, 1.54) is 22.5 Å². The van der Waals surface area contributed by atoms with E-state index in [0.29, 0.717) is 5.69 Å². The van der Waals surface area contributed by atoms with Gasteiger partial charge < -0.3 is 10.2 Å². The van der Waals surface area contributed by atoms with Gasteiger partial charge in [-0.25, -0.2) is 17.6 Å². The van der Waals surface area contributed by atoms with Gasteiger partial charge in [-0.15, -0.1) is 0 Å². The maximum atomic E-state index is 13.4. The van der Waals surface area contributed by atoms with E-state index in [4.69, 9.17) is 0 Å². The molecule has 1 aliphatic heterocycles. The molecule has 0 radical (unpaired) electrons. The predicted molar refractivity (Wildman–Crippen MR) is 96.8 cm³/mol. The normalized spacial score (nSPS) is 18.5. The number of amides is 2. The van der Waals surface area contributed by atoms with E-state index in [1.54, 1.807) is 24.0 Å². The van der Waals surface area contributed by atoms with Crippen molar-refractivity contribution in [2.75, 3.05) is 25.0 Å². The standard InChI is InChI=1S/C18H20FN3O3S/c1-14-13-21(18(23)20-16-7-3-2-4-8-16)10-11-22(14)26(24,25)17-9-5-6-15(19)12-17/h2-9,12,14H,10-11,13H2,1H3,(H,20,23)/t14-/m0/s1. The van der Waals surface area contributed by atoms with E-state index in [2.05, 4.69) is 5.32 Å². The molecule has 6 nitrogen and oxygen atoms in total. The molecule has 26 heavy (non-hydrogen) atoms. The second kappa shape index (κ2) is 7.43. The molecule has 0 aliphatic carbocycles. The summed E-state index contributed by atoms with van der Waals surface area (Å²) in [6, 6.07) is 13.3. The lowest BCUT2D eigenvalue weighted by molar-refractivity contribution is 0.157. The highest BCUT2D eigenvalue weighted by Crippen LogP contribution is 2.22. The van der Waals surface area contributed by atoms with Crippen LogP contribution in [0.15, 0.2) is 59.5 Å². The molecular formula is C18H20FN3O3S. The Morgan fingerprint density at radius 2 is 1.85 bits per heavy atom. The van der Waals surface area contributed by atoms with Crippen LogP contribution in [-0.2, 0) is 10.0 Å². The Kier molecular flexibility index (Phi) is 5.24. The Morgan fingerprint density at radius 3 is 2.50 bits per heavy atom. The van der Waals surface area contributed by atoms with E-state index >= 15 is 0 Å². The number of anilines is 1. The minimum Gasteiger partial charge on any atom is -0.322 e. The fourth-order valence-corrected chi connectivity index (χ4v) is 4.61. The molecule has 3 rings (SSSR count). The second-order valence-corrected chi connectivity index (χ2v) is 8.05. The van der Waals surface area contributed by atoms with Crippen LogP contribution in [0.25, 0.3) is 0 Å². The van der Waals surface area contributed by atoms with E-state index in [0.717, 1.165) is 6.07 Å². The third kappa shape index (κ3) is 3.86. The number of carbonyl (C=O) groups excluding carboxylic acids is 1. The van der Waals surface area contributed by atoms with Crippen molar-refractivity contribution in [3.05, 3.63) is 60.4 Å². The number of urea groups is 1. The summed E-state index contributed by atoms with van der Waals surface area (Å²) in [7, 11) is -3.81. The van der Waals surface area contributed by atoms with Crippen molar-refractivity contribution in [1.82, 2.24) is 9.21 Å². The fourth-order valence-electron chi connectivity index (χ4n) is 2.97. The molecule has 0 bridgehead atoms. The maximum Gasteiger partial charge on any atom is 0.321 e. The molecule has 8 heteroatoms. The lowest BCUT2D eigenvalue weighted by Crippen LogP contribution is -2.56. The largest absolute Gasteiger partial charge is 0.322 e. The molecular weight excluding hydrogens is 357 g/mol. The number of carbonyl (C=O) groups is 1. The number of hydrogen-bond donors (Lipinski definition) is 1. The second-order valence-electron chi connectivity index (χ2n) is 6.16. The summed E-state index contributed by atoms with van der Waals surface area (Å²) < 4.78 is 40.2. The van der Waals surface area contributed by atoms with Gasteiger partial charge >= 0.3 is 6.03 Å². The number of rotatable bonds is 3. The summed E-state index contributed by atoms with van der Waals surface area (Å²) in [4.78, 5) is 13.9. The molecule has 2 aromatic rings. The van der Waals surface area contributed by atoms with Gasteiger partial charge in [0.1, 0.15) is 5.82 Å². The van der Waals surface area contributed by atoms with Gasteiger partial charge in [0.2, 0.25) is 10.0 Å². The summed E-state index contributed by atoms with van der Waals surface area (Å²) in [5, 5.41) is 2.79. The molecule has 1 aliphatic rings. The van der Waals surface area contributed by atoms with Crippen LogP contribution in [0.3, 0.4) is 0 Å². The molecule has 1 atom stereocenters. The van der Waals surface area contributed by atoms with Crippen LogP contribution < -0.4 is 5.32 Å². The third-order valence-corrected chi connectivity index (χ3v) is 6.29. The van der Waals surface area contributed by atoms with Crippen LogP contribution in [0.4, 0.5) is 14.9 Å². The van der Waals surface area contributed by atoms with Crippen molar-refractivity contribution in [2.45, 2.75) is 17.9 Å². The number of halogens is 1. The molecule has 0 aromatic heterocycles. The average Bonchev–Trinajstić information content (AvgIpc) is 2.62. The number of benzene rings is 2. The van der Waals surface area contributed by atoms with Crippen molar-refractivity contribution in [3.8, 4) is 0 Å². The van der Waals surface area contributed by atoms with Crippen molar-refractivity contribution in [2.24, 2.45) is 0 Å². The molecule has 2 aromatic carbocycles. The first-order chi connectivity index (χ1) is 12.4. The Morgan fingerprint density at radius 1 is 1.12 bits per heavy atom. The van der Waals surface area contributed by atoms with E-state index < -0.39 is 21.9 Å². The Hall–Kier alpha value is -2.45. The smallest absolute Gasteiger partial charge is 0.321 e. The zero-order valence-electron chi connectivity index (χ0n) is 14.3. The molecule has 1 N–H and O–H groups in total. The van der Waals surface area contributed by atoms with Crippen molar-refractivity contribution in [3.63, 3.8) is 0 Å². The first kappa shape index (κ1) is 18.3. The van der Waals surface area contributed by atoms with Crippen LogP contribution >= 0.6 is 0 Å². The number of nitrogens with one attached hydrogen (secondary N) is 1. The third-order valence-electron chi connectivity index (χ3n) is 4.28. The highest BCUT2D eigenvalue weighted by molar-refractivity contribution is 7.89. The number of sulfonamides is 1. The van der Waals surface area contributed by atoms with Gasteiger partial charge in [-0.05, 0) is 37.3 Å². The molecule has 0 saturated carbocycles. The fraction of sp³-hybridized carbons (Fsp3) is 0.278. The molecule has 1 saturated heterocycles. The lowest BCUT2D eigenvalue weighted by Gasteiger charge is -2.38.